The lowest BCUT2D eigenvalue weighted by Crippen LogP contribution is -2.61. The van der Waals surface area contributed by atoms with Crippen molar-refractivity contribution in [1.82, 2.24) is 37.2 Å². The summed E-state index contributed by atoms with van der Waals surface area (Å²) >= 11 is 4.26. The van der Waals surface area contributed by atoms with Crippen LogP contribution in [0, 0.1) is 5.92 Å². The van der Waals surface area contributed by atoms with Crippen molar-refractivity contribution in [2.75, 3.05) is 18.8 Å². The highest BCUT2D eigenvalue weighted by Crippen LogP contribution is 2.13. The maximum Gasteiger partial charge on any atom is 0.244 e. The van der Waals surface area contributed by atoms with Gasteiger partial charge >= 0.3 is 0 Å². The molecule has 344 valence electrons. The zero-order chi connectivity index (χ0) is 46.4. The van der Waals surface area contributed by atoms with Crippen LogP contribution in [0.2, 0.25) is 0 Å². The van der Waals surface area contributed by atoms with Crippen LogP contribution in [-0.4, -0.2) is 120 Å². The van der Waals surface area contributed by atoms with E-state index in [4.69, 9.17) is 28.7 Å². The standard InChI is InChI=1S/C39H63N13O9S/c1-3-21(2)31-38(61)50-27(19-30(42)54)36(59)49-26(18-22-10-5-4-6-11-22)35(58)48-25(14-15-29(41)53)34(57)47-24(13-9-17-45-39(43)44)32(55)46-23(12-7-8-16-40)33(56)51-28(20-62)37(60)52-31/h4-6,10-11,21,23-28,31,62H,3,7-9,12-20,40H2,1-2H3,(H2,41,53)(H2,42,54)(H,46,55)(H,47,57)(H,48,58)(H,49,59)(H,50,61)(H,51,56)(H,52,60)(H4,43,44,45)/t21-,23-,24-,25-,26-,27-,28-,31-/m0/s1. The molecule has 0 unspecified atom stereocenters. The van der Waals surface area contributed by atoms with Gasteiger partial charge in [0.05, 0.1) is 6.42 Å². The molecule has 62 heavy (non-hydrogen) atoms. The number of benzene rings is 1. The molecule has 1 fully saturated rings. The fraction of sp³-hybridized carbons (Fsp3) is 0.590. The van der Waals surface area contributed by atoms with E-state index in [2.05, 4.69) is 54.8 Å². The lowest BCUT2D eigenvalue weighted by atomic mass is 9.97. The predicted molar refractivity (Wildman–Crippen MR) is 232 cm³/mol. The van der Waals surface area contributed by atoms with Gasteiger partial charge in [-0.2, -0.15) is 12.6 Å². The summed E-state index contributed by atoms with van der Waals surface area (Å²) < 4.78 is 0. The van der Waals surface area contributed by atoms with Gasteiger partial charge in [-0.1, -0.05) is 50.6 Å². The lowest BCUT2D eigenvalue weighted by molar-refractivity contribution is -0.136. The van der Waals surface area contributed by atoms with Crippen molar-refractivity contribution in [3.8, 4) is 0 Å². The van der Waals surface area contributed by atoms with Crippen molar-refractivity contribution in [3.05, 3.63) is 35.9 Å². The fourth-order valence-electron chi connectivity index (χ4n) is 6.33. The van der Waals surface area contributed by atoms with E-state index < -0.39 is 108 Å². The first-order chi connectivity index (χ1) is 29.4. The van der Waals surface area contributed by atoms with Crippen molar-refractivity contribution in [1.29, 1.82) is 0 Å². The van der Waals surface area contributed by atoms with Crippen LogP contribution in [-0.2, 0) is 49.6 Å². The largest absolute Gasteiger partial charge is 0.370 e. The number of amides is 9. The smallest absolute Gasteiger partial charge is 0.244 e. The molecule has 0 saturated carbocycles. The molecule has 0 bridgehead atoms. The van der Waals surface area contributed by atoms with Gasteiger partial charge in [-0.05, 0) is 56.6 Å². The number of unbranched alkanes of at least 4 members (excludes halogenated alkanes) is 1. The van der Waals surface area contributed by atoms with Crippen molar-refractivity contribution in [3.63, 3.8) is 0 Å². The summed E-state index contributed by atoms with van der Waals surface area (Å²) in [5.41, 5.74) is 28.1. The minimum Gasteiger partial charge on any atom is -0.370 e. The molecule has 22 nitrogen and oxygen atoms in total. The van der Waals surface area contributed by atoms with Crippen LogP contribution in [0.1, 0.15) is 77.2 Å². The number of aliphatic imine (C=N–C) groups is 1. The van der Waals surface area contributed by atoms with Crippen LogP contribution in [0.5, 0.6) is 0 Å². The summed E-state index contributed by atoms with van der Waals surface area (Å²) in [5.74, 6) is -8.99. The quantitative estimate of drug-likeness (QED) is 0.0290. The second kappa shape index (κ2) is 27.1. The van der Waals surface area contributed by atoms with Gasteiger partial charge in [0.15, 0.2) is 5.96 Å². The average Bonchev–Trinajstić information content (AvgIpc) is 3.22. The SMILES string of the molecule is CC[C@H](C)[C@@H]1NC(=O)[C@H](CS)NC(=O)[C@H](CCCCN)NC(=O)[C@H](CCCN=C(N)N)NC(=O)[C@H](CCC(N)=O)NC(=O)[C@H](Cc2ccccc2)NC(=O)[C@H](CC(N)=O)NC1=O. The van der Waals surface area contributed by atoms with Gasteiger partial charge in [0.25, 0.3) is 0 Å². The molecule has 0 aromatic heterocycles. The van der Waals surface area contributed by atoms with E-state index in [0.717, 1.165) is 0 Å². The number of thiol groups is 1. The lowest BCUT2D eigenvalue weighted by Gasteiger charge is -2.29. The Morgan fingerprint density at radius 3 is 1.63 bits per heavy atom. The minimum absolute atomic E-state index is 0.0512. The highest BCUT2D eigenvalue weighted by atomic mass is 32.1. The first-order valence-corrected chi connectivity index (χ1v) is 21.1. The van der Waals surface area contributed by atoms with Crippen LogP contribution in [0.4, 0.5) is 0 Å². The number of rotatable bonds is 18. The summed E-state index contributed by atoms with van der Waals surface area (Å²) in [7, 11) is 0. The highest BCUT2D eigenvalue weighted by Gasteiger charge is 2.36. The summed E-state index contributed by atoms with van der Waals surface area (Å²) in [5, 5.41) is 18.0. The van der Waals surface area contributed by atoms with Gasteiger partial charge in [-0.25, -0.2) is 0 Å². The number of carbonyl (C=O) groups excluding carboxylic acids is 9. The molecule has 1 saturated heterocycles. The molecule has 17 N–H and O–H groups in total. The molecule has 1 aromatic carbocycles. The third-order valence-electron chi connectivity index (χ3n) is 10.0. The summed E-state index contributed by atoms with van der Waals surface area (Å²) in [6, 6.07) is -1.45. The second-order valence-corrected chi connectivity index (χ2v) is 15.4. The molecular formula is C39H63N13O9S. The van der Waals surface area contributed by atoms with E-state index in [1.54, 1.807) is 44.2 Å². The Labute approximate surface area is 366 Å². The van der Waals surface area contributed by atoms with Crippen molar-refractivity contribution in [2.24, 2.45) is 39.6 Å². The molecule has 8 atom stereocenters. The Hall–Kier alpha value is -5.97. The Kier molecular flexibility index (Phi) is 22.8. The molecule has 9 amide bonds. The number of hydrogen-bond donors (Lipinski definition) is 13. The number of carbonyl (C=O) groups is 9. The third-order valence-corrected chi connectivity index (χ3v) is 10.4. The molecular weight excluding hydrogens is 827 g/mol. The second-order valence-electron chi connectivity index (χ2n) is 15.0. The number of hydrogen-bond acceptors (Lipinski definition) is 12. The normalized spacial score (nSPS) is 24.0. The molecule has 23 heteroatoms. The van der Waals surface area contributed by atoms with Crippen LogP contribution < -0.4 is 65.9 Å². The number of nitrogens with two attached hydrogens (primary N) is 5. The Bertz CT molecular complexity index is 1750. The first-order valence-electron chi connectivity index (χ1n) is 20.5. The van der Waals surface area contributed by atoms with Gasteiger partial charge in [-0.3, -0.25) is 48.1 Å². The van der Waals surface area contributed by atoms with E-state index in [0.29, 0.717) is 24.8 Å². The van der Waals surface area contributed by atoms with Crippen molar-refractivity contribution < 1.29 is 43.2 Å². The maximum atomic E-state index is 14.1. The molecule has 2 rings (SSSR count). The third kappa shape index (κ3) is 18.3. The van der Waals surface area contributed by atoms with Crippen LogP contribution in [0.3, 0.4) is 0 Å². The number of guanidine groups is 1. The van der Waals surface area contributed by atoms with E-state index in [-0.39, 0.29) is 63.3 Å². The van der Waals surface area contributed by atoms with Crippen molar-refractivity contribution in [2.45, 2.75) is 120 Å². The van der Waals surface area contributed by atoms with E-state index in [1.807, 2.05) is 0 Å². The molecule has 0 spiro atoms. The summed E-state index contributed by atoms with van der Waals surface area (Å²) in [6.07, 6.45) is -0.253. The van der Waals surface area contributed by atoms with Gasteiger partial charge < -0.3 is 65.9 Å². The molecule has 1 aliphatic rings. The average molecular weight is 890 g/mol. The van der Waals surface area contributed by atoms with Crippen molar-refractivity contribution >= 4 is 71.8 Å². The van der Waals surface area contributed by atoms with Gasteiger partial charge in [0, 0.05) is 25.1 Å². The Morgan fingerprint density at radius 2 is 1.11 bits per heavy atom. The Balaban J connectivity index is 2.79. The number of primary amides is 2. The predicted octanol–water partition coefficient (Wildman–Crippen LogP) is -4.06. The highest BCUT2D eigenvalue weighted by molar-refractivity contribution is 7.80. The van der Waals surface area contributed by atoms with Crippen LogP contribution in [0.25, 0.3) is 0 Å². The zero-order valence-corrected chi connectivity index (χ0v) is 36.0. The molecule has 1 aliphatic heterocycles. The minimum atomic E-state index is -1.65. The maximum absolute atomic E-state index is 14.1. The summed E-state index contributed by atoms with van der Waals surface area (Å²) in [6.45, 7) is 3.74. The van der Waals surface area contributed by atoms with E-state index in [9.17, 15) is 43.2 Å². The zero-order valence-electron chi connectivity index (χ0n) is 35.2. The molecule has 0 radical (unpaired) electrons. The molecule has 1 heterocycles. The topological polar surface area (TPSA) is 380 Å². The molecule has 1 aromatic rings. The summed E-state index contributed by atoms with van der Waals surface area (Å²) in [4.78, 5) is 126. The van der Waals surface area contributed by atoms with Crippen LogP contribution in [0.15, 0.2) is 35.3 Å². The molecule has 0 aliphatic carbocycles. The van der Waals surface area contributed by atoms with Crippen LogP contribution >= 0.6 is 12.6 Å². The van der Waals surface area contributed by atoms with E-state index >= 15 is 0 Å². The van der Waals surface area contributed by atoms with Gasteiger partial charge in [0.1, 0.15) is 42.3 Å². The number of nitrogens with zero attached hydrogens (tertiary/aromatic N) is 1. The van der Waals surface area contributed by atoms with Gasteiger partial charge in [0.2, 0.25) is 53.2 Å². The Morgan fingerprint density at radius 1 is 0.629 bits per heavy atom. The number of nitrogens with one attached hydrogen (secondary N) is 7. The van der Waals surface area contributed by atoms with Gasteiger partial charge in [-0.15, -0.1) is 0 Å². The first kappa shape index (κ1) is 52.2. The van der Waals surface area contributed by atoms with E-state index in [1.165, 1.54) is 0 Å². The fourth-order valence-corrected chi connectivity index (χ4v) is 6.59. The monoisotopic (exact) mass is 889 g/mol.